The van der Waals surface area contributed by atoms with Crippen LogP contribution >= 0.6 is 0 Å². The van der Waals surface area contributed by atoms with Crippen molar-refractivity contribution < 1.29 is 23.7 Å². The maximum atomic E-state index is 12.3. The SMILES string of the molecule is Cc1noc(-c2ccccc2)c1C(=O)ON1C(=O)CCC1=O. The molecular weight excluding hydrogens is 288 g/mol. The van der Waals surface area contributed by atoms with Gasteiger partial charge >= 0.3 is 5.97 Å². The van der Waals surface area contributed by atoms with Crippen LogP contribution in [0.2, 0.25) is 0 Å². The van der Waals surface area contributed by atoms with Crippen LogP contribution in [0.3, 0.4) is 0 Å². The highest BCUT2D eigenvalue weighted by Gasteiger charge is 2.35. The van der Waals surface area contributed by atoms with Crippen LogP contribution in [-0.2, 0) is 14.4 Å². The van der Waals surface area contributed by atoms with Crippen LogP contribution in [-0.4, -0.2) is 28.0 Å². The standard InChI is InChI=1S/C15H12N2O5/c1-9-13(14(21-16-9)10-5-3-2-4-6-10)15(20)22-17-11(18)7-8-12(17)19/h2-6H,7-8H2,1H3. The van der Waals surface area contributed by atoms with Crippen molar-refractivity contribution in [1.82, 2.24) is 10.2 Å². The molecule has 7 nitrogen and oxygen atoms in total. The molecule has 0 atom stereocenters. The lowest BCUT2D eigenvalue weighted by molar-refractivity contribution is -0.172. The van der Waals surface area contributed by atoms with Gasteiger partial charge in [0.2, 0.25) is 0 Å². The monoisotopic (exact) mass is 300 g/mol. The third-order valence-corrected chi connectivity index (χ3v) is 3.28. The van der Waals surface area contributed by atoms with Gasteiger partial charge in [-0.25, -0.2) is 4.79 Å². The summed E-state index contributed by atoms with van der Waals surface area (Å²) in [6.07, 6.45) is 0.0839. The van der Waals surface area contributed by atoms with Gasteiger partial charge in [0.25, 0.3) is 11.8 Å². The second kappa shape index (κ2) is 5.44. The molecule has 1 aromatic heterocycles. The van der Waals surface area contributed by atoms with Crippen LogP contribution in [0.4, 0.5) is 0 Å². The van der Waals surface area contributed by atoms with E-state index in [1.165, 1.54) is 0 Å². The maximum Gasteiger partial charge on any atom is 0.369 e. The zero-order chi connectivity index (χ0) is 15.7. The molecule has 0 unspecified atom stereocenters. The Morgan fingerprint density at radius 2 is 1.82 bits per heavy atom. The molecule has 7 heteroatoms. The van der Waals surface area contributed by atoms with Gasteiger partial charge in [0.1, 0.15) is 5.56 Å². The van der Waals surface area contributed by atoms with Gasteiger partial charge < -0.3 is 9.36 Å². The van der Waals surface area contributed by atoms with Crippen LogP contribution in [0, 0.1) is 6.92 Å². The largest absolute Gasteiger partial charge is 0.369 e. The van der Waals surface area contributed by atoms with Gasteiger partial charge in [-0.2, -0.15) is 0 Å². The fraction of sp³-hybridized carbons (Fsp3) is 0.200. The maximum absolute atomic E-state index is 12.3. The lowest BCUT2D eigenvalue weighted by Crippen LogP contribution is -2.32. The van der Waals surface area contributed by atoms with Crippen molar-refractivity contribution in [1.29, 1.82) is 0 Å². The van der Waals surface area contributed by atoms with E-state index in [1.54, 1.807) is 31.2 Å². The predicted octanol–water partition coefficient (Wildman–Crippen LogP) is 1.87. The molecule has 0 radical (unpaired) electrons. The van der Waals surface area contributed by atoms with Gasteiger partial charge in [-0.05, 0) is 6.92 Å². The predicted molar refractivity (Wildman–Crippen MR) is 73.2 cm³/mol. The van der Waals surface area contributed by atoms with Crippen LogP contribution in [0.5, 0.6) is 0 Å². The van der Waals surface area contributed by atoms with Crippen molar-refractivity contribution in [3.8, 4) is 11.3 Å². The van der Waals surface area contributed by atoms with Crippen molar-refractivity contribution in [2.24, 2.45) is 0 Å². The molecule has 22 heavy (non-hydrogen) atoms. The zero-order valence-corrected chi connectivity index (χ0v) is 11.7. The quantitative estimate of drug-likeness (QED) is 0.804. The summed E-state index contributed by atoms with van der Waals surface area (Å²) in [6, 6.07) is 8.91. The third-order valence-electron chi connectivity index (χ3n) is 3.28. The van der Waals surface area contributed by atoms with E-state index in [1.807, 2.05) is 6.07 Å². The molecule has 1 fully saturated rings. The van der Waals surface area contributed by atoms with E-state index in [-0.39, 0.29) is 24.2 Å². The Hall–Kier alpha value is -2.96. The number of amides is 2. The fourth-order valence-electron chi connectivity index (χ4n) is 2.18. The first-order valence-corrected chi connectivity index (χ1v) is 6.67. The van der Waals surface area contributed by atoms with Crippen LogP contribution in [0.15, 0.2) is 34.9 Å². The first-order chi connectivity index (χ1) is 10.6. The molecule has 2 aromatic rings. The molecule has 112 valence electrons. The summed E-state index contributed by atoms with van der Waals surface area (Å²) < 4.78 is 5.18. The number of imide groups is 1. The van der Waals surface area contributed by atoms with Gasteiger partial charge in [-0.1, -0.05) is 35.5 Å². The second-order valence-electron chi connectivity index (χ2n) is 4.80. The van der Waals surface area contributed by atoms with Gasteiger partial charge in [-0.3, -0.25) is 9.59 Å². The van der Waals surface area contributed by atoms with Crippen molar-refractivity contribution >= 4 is 17.8 Å². The average molecular weight is 300 g/mol. The number of carbonyl (C=O) groups is 3. The second-order valence-corrected chi connectivity index (χ2v) is 4.80. The molecule has 2 heterocycles. The van der Waals surface area contributed by atoms with E-state index in [9.17, 15) is 14.4 Å². The average Bonchev–Trinajstić information content (AvgIpc) is 3.05. The Labute approximate surface area is 125 Å². The number of rotatable bonds is 3. The van der Waals surface area contributed by atoms with Crippen molar-refractivity contribution in [3.63, 3.8) is 0 Å². The van der Waals surface area contributed by atoms with Gasteiger partial charge in [0.05, 0.1) is 5.69 Å². The lowest BCUT2D eigenvalue weighted by Gasteiger charge is -2.12. The Kier molecular flexibility index (Phi) is 3.46. The van der Waals surface area contributed by atoms with E-state index >= 15 is 0 Å². The Bertz CT molecular complexity index is 735. The molecule has 0 saturated carbocycles. The summed E-state index contributed by atoms with van der Waals surface area (Å²) in [4.78, 5) is 40.3. The molecule has 0 bridgehead atoms. The van der Waals surface area contributed by atoms with E-state index in [0.717, 1.165) is 0 Å². The number of aromatic nitrogens is 1. The topological polar surface area (TPSA) is 89.7 Å². The molecule has 1 aliphatic heterocycles. The number of nitrogens with zero attached hydrogens (tertiary/aromatic N) is 2. The number of hydrogen-bond donors (Lipinski definition) is 0. The Balaban J connectivity index is 1.92. The Morgan fingerprint density at radius 1 is 1.18 bits per heavy atom. The highest BCUT2D eigenvalue weighted by molar-refractivity contribution is 6.04. The summed E-state index contributed by atoms with van der Waals surface area (Å²) in [5.41, 5.74) is 1.07. The highest BCUT2D eigenvalue weighted by atomic mass is 16.7. The number of hydroxylamine groups is 2. The molecule has 1 saturated heterocycles. The molecule has 0 N–H and O–H groups in total. The number of carbonyl (C=O) groups excluding carboxylic acids is 3. The third kappa shape index (κ3) is 2.37. The minimum absolute atomic E-state index is 0.0419. The fourth-order valence-corrected chi connectivity index (χ4v) is 2.18. The highest BCUT2D eigenvalue weighted by Crippen LogP contribution is 2.27. The molecule has 1 aromatic carbocycles. The minimum Gasteiger partial charge on any atom is -0.355 e. The molecule has 0 aliphatic carbocycles. The summed E-state index contributed by atoms with van der Waals surface area (Å²) in [6.45, 7) is 1.58. The molecule has 1 aliphatic rings. The van der Waals surface area contributed by atoms with E-state index in [2.05, 4.69) is 5.16 Å². The van der Waals surface area contributed by atoms with Crippen LogP contribution in [0.25, 0.3) is 11.3 Å². The summed E-state index contributed by atoms with van der Waals surface area (Å²) in [7, 11) is 0. The van der Waals surface area contributed by atoms with E-state index in [4.69, 9.17) is 9.36 Å². The zero-order valence-electron chi connectivity index (χ0n) is 11.7. The number of aryl methyl sites for hydroxylation is 1. The van der Waals surface area contributed by atoms with E-state index < -0.39 is 17.8 Å². The summed E-state index contributed by atoms with van der Waals surface area (Å²) in [5, 5.41) is 4.27. The van der Waals surface area contributed by atoms with Crippen LogP contribution < -0.4 is 0 Å². The summed E-state index contributed by atoms with van der Waals surface area (Å²) in [5.74, 6) is -1.68. The summed E-state index contributed by atoms with van der Waals surface area (Å²) >= 11 is 0. The number of benzene rings is 1. The molecule has 3 rings (SSSR count). The van der Waals surface area contributed by atoms with Crippen molar-refractivity contribution in [2.75, 3.05) is 0 Å². The Morgan fingerprint density at radius 3 is 2.45 bits per heavy atom. The van der Waals surface area contributed by atoms with Gasteiger partial charge in [0.15, 0.2) is 5.76 Å². The number of hydrogen-bond acceptors (Lipinski definition) is 6. The van der Waals surface area contributed by atoms with Gasteiger partial charge in [0, 0.05) is 18.4 Å². The minimum atomic E-state index is -0.846. The van der Waals surface area contributed by atoms with Crippen molar-refractivity contribution in [3.05, 3.63) is 41.6 Å². The molecule has 2 amide bonds. The first kappa shape index (κ1) is 14.0. The molecule has 0 spiro atoms. The van der Waals surface area contributed by atoms with Crippen molar-refractivity contribution in [2.45, 2.75) is 19.8 Å². The normalized spacial score (nSPS) is 14.5. The van der Waals surface area contributed by atoms with Gasteiger partial charge in [-0.15, -0.1) is 5.06 Å². The smallest absolute Gasteiger partial charge is 0.355 e. The lowest BCUT2D eigenvalue weighted by atomic mass is 10.1. The van der Waals surface area contributed by atoms with E-state index in [0.29, 0.717) is 16.3 Å². The first-order valence-electron chi connectivity index (χ1n) is 6.67. The molecular formula is C15H12N2O5. The van der Waals surface area contributed by atoms with Crippen LogP contribution in [0.1, 0.15) is 28.9 Å².